The Morgan fingerprint density at radius 2 is 2.10 bits per heavy atom. The van der Waals surface area contributed by atoms with Crippen LogP contribution in [-0.4, -0.2) is 36.9 Å². The summed E-state index contributed by atoms with van der Waals surface area (Å²) in [5.41, 5.74) is -1.02. The summed E-state index contributed by atoms with van der Waals surface area (Å²) in [6.45, 7) is 3.82. The normalized spacial score (nSPS) is 23.6. The summed E-state index contributed by atoms with van der Waals surface area (Å²) in [7, 11) is -3.71. The molecule has 1 unspecified atom stereocenters. The van der Waals surface area contributed by atoms with Crippen LogP contribution in [0.1, 0.15) is 20.3 Å². The third-order valence-electron chi connectivity index (χ3n) is 4.23. The van der Waals surface area contributed by atoms with Crippen LogP contribution in [0.4, 0.5) is 0 Å². The quantitative estimate of drug-likeness (QED) is 0.919. The molecule has 0 spiro atoms. The minimum Gasteiger partial charge on any atom is -0.481 e. The van der Waals surface area contributed by atoms with E-state index in [9.17, 15) is 18.3 Å². The molecule has 1 aliphatic rings. The molecule has 7 heteroatoms. The van der Waals surface area contributed by atoms with Crippen molar-refractivity contribution >= 4 is 27.6 Å². The van der Waals surface area contributed by atoms with Crippen molar-refractivity contribution in [2.24, 2.45) is 11.3 Å². The zero-order valence-electron chi connectivity index (χ0n) is 11.9. The lowest BCUT2D eigenvalue weighted by molar-refractivity contribution is -0.150. The Balaban J connectivity index is 2.34. The molecule has 116 valence electrons. The molecule has 0 bridgehead atoms. The Bertz CT molecular complexity index is 659. The summed E-state index contributed by atoms with van der Waals surface area (Å²) in [5.74, 6) is -1.09. The molecule has 0 amide bonds. The highest BCUT2D eigenvalue weighted by Gasteiger charge is 2.50. The van der Waals surface area contributed by atoms with Crippen molar-refractivity contribution in [1.29, 1.82) is 0 Å². The molecule has 1 atom stereocenters. The molecule has 0 aromatic heterocycles. The van der Waals surface area contributed by atoms with Crippen LogP contribution in [0.15, 0.2) is 29.2 Å². The maximum Gasteiger partial charge on any atom is 0.311 e. The Hall–Kier alpha value is -1.11. The predicted molar refractivity (Wildman–Crippen MR) is 79.7 cm³/mol. The van der Waals surface area contributed by atoms with Gasteiger partial charge in [0.25, 0.3) is 0 Å². The van der Waals surface area contributed by atoms with Crippen molar-refractivity contribution in [3.8, 4) is 0 Å². The fourth-order valence-corrected chi connectivity index (χ4v) is 4.48. The molecular weight excluding hydrogens is 314 g/mol. The van der Waals surface area contributed by atoms with Gasteiger partial charge < -0.3 is 5.11 Å². The molecule has 1 aromatic carbocycles. The van der Waals surface area contributed by atoms with Gasteiger partial charge in [-0.2, -0.15) is 4.31 Å². The number of nitrogens with zero attached hydrogens (tertiary/aromatic N) is 1. The fourth-order valence-electron chi connectivity index (χ4n) is 2.67. The van der Waals surface area contributed by atoms with Gasteiger partial charge in [0.2, 0.25) is 10.0 Å². The monoisotopic (exact) mass is 331 g/mol. The van der Waals surface area contributed by atoms with Crippen molar-refractivity contribution in [3.63, 3.8) is 0 Å². The highest BCUT2D eigenvalue weighted by atomic mass is 35.5. The van der Waals surface area contributed by atoms with Crippen LogP contribution < -0.4 is 0 Å². The van der Waals surface area contributed by atoms with E-state index < -0.39 is 21.4 Å². The van der Waals surface area contributed by atoms with Gasteiger partial charge in [0, 0.05) is 18.1 Å². The lowest BCUT2D eigenvalue weighted by Crippen LogP contribution is -2.40. The van der Waals surface area contributed by atoms with Gasteiger partial charge in [0.05, 0.1) is 10.3 Å². The second kappa shape index (κ2) is 5.59. The molecule has 0 saturated carbocycles. The average molecular weight is 332 g/mol. The molecular formula is C14H18ClNO4S. The molecule has 1 aromatic rings. The lowest BCUT2D eigenvalue weighted by atomic mass is 9.77. The molecule has 0 radical (unpaired) electrons. The zero-order chi connectivity index (χ0) is 15.8. The summed E-state index contributed by atoms with van der Waals surface area (Å²) >= 11 is 5.84. The number of carboxylic acids is 1. The van der Waals surface area contributed by atoms with Crippen molar-refractivity contribution in [3.05, 3.63) is 29.3 Å². The molecule has 2 rings (SSSR count). The Labute approximate surface area is 129 Å². The summed E-state index contributed by atoms with van der Waals surface area (Å²) < 4.78 is 26.4. The number of halogens is 1. The Kier molecular flexibility index (Phi) is 4.33. The SMILES string of the molecule is CC(C)C1(C(=O)O)CCN(S(=O)(=O)c2cccc(Cl)c2)C1. The van der Waals surface area contributed by atoms with Crippen LogP contribution in [0.2, 0.25) is 5.02 Å². The first-order chi connectivity index (χ1) is 9.70. The summed E-state index contributed by atoms with van der Waals surface area (Å²) in [5, 5.41) is 9.83. The topological polar surface area (TPSA) is 74.7 Å². The van der Waals surface area contributed by atoms with Gasteiger partial charge in [0.1, 0.15) is 0 Å². The number of sulfonamides is 1. The van der Waals surface area contributed by atoms with E-state index in [0.29, 0.717) is 11.4 Å². The van der Waals surface area contributed by atoms with Crippen LogP contribution in [0, 0.1) is 11.3 Å². The number of rotatable bonds is 4. The number of benzene rings is 1. The predicted octanol–water partition coefficient (Wildman–Crippen LogP) is 2.46. The third-order valence-corrected chi connectivity index (χ3v) is 6.31. The summed E-state index contributed by atoms with van der Waals surface area (Å²) in [6, 6.07) is 6.02. The summed E-state index contributed by atoms with van der Waals surface area (Å²) in [4.78, 5) is 11.7. The number of carbonyl (C=O) groups is 1. The maximum absolute atomic E-state index is 12.6. The average Bonchev–Trinajstić information content (AvgIpc) is 2.85. The second-order valence-electron chi connectivity index (χ2n) is 5.66. The van der Waals surface area contributed by atoms with E-state index in [-0.39, 0.29) is 23.9 Å². The maximum atomic E-state index is 12.6. The van der Waals surface area contributed by atoms with Crippen LogP contribution in [0.3, 0.4) is 0 Å². The Morgan fingerprint density at radius 3 is 2.57 bits per heavy atom. The first-order valence-electron chi connectivity index (χ1n) is 6.69. The van der Waals surface area contributed by atoms with Gasteiger partial charge in [-0.25, -0.2) is 8.42 Å². The highest BCUT2D eigenvalue weighted by molar-refractivity contribution is 7.89. The van der Waals surface area contributed by atoms with E-state index in [1.165, 1.54) is 16.4 Å². The van der Waals surface area contributed by atoms with Crippen molar-refractivity contribution in [2.45, 2.75) is 25.2 Å². The third kappa shape index (κ3) is 2.80. The van der Waals surface area contributed by atoms with Crippen LogP contribution in [0.25, 0.3) is 0 Å². The van der Waals surface area contributed by atoms with E-state index in [2.05, 4.69) is 0 Å². The molecule has 5 nitrogen and oxygen atoms in total. The lowest BCUT2D eigenvalue weighted by Gasteiger charge is -2.28. The van der Waals surface area contributed by atoms with Gasteiger partial charge >= 0.3 is 5.97 Å². The van der Waals surface area contributed by atoms with E-state index in [0.717, 1.165) is 0 Å². The zero-order valence-corrected chi connectivity index (χ0v) is 13.5. The molecule has 1 N–H and O–H groups in total. The van der Waals surface area contributed by atoms with E-state index in [1.807, 2.05) is 13.8 Å². The standard InChI is InChI=1S/C14H18ClNO4S/c1-10(2)14(13(17)18)6-7-16(9-14)21(19,20)12-5-3-4-11(15)8-12/h3-5,8,10H,6-7,9H2,1-2H3,(H,17,18). The van der Waals surface area contributed by atoms with E-state index in [1.54, 1.807) is 12.1 Å². The first kappa shape index (κ1) is 16.3. The largest absolute Gasteiger partial charge is 0.481 e. The van der Waals surface area contributed by atoms with Crippen molar-refractivity contribution in [2.75, 3.05) is 13.1 Å². The molecule has 0 aliphatic carbocycles. The molecule has 1 heterocycles. The Morgan fingerprint density at radius 1 is 1.43 bits per heavy atom. The first-order valence-corrected chi connectivity index (χ1v) is 8.51. The molecule has 1 aliphatic heterocycles. The number of carboxylic acid groups (broad SMARTS) is 1. The second-order valence-corrected chi connectivity index (χ2v) is 8.04. The number of hydrogen-bond acceptors (Lipinski definition) is 3. The van der Waals surface area contributed by atoms with Crippen LogP contribution in [0.5, 0.6) is 0 Å². The fraction of sp³-hybridized carbons (Fsp3) is 0.500. The minimum absolute atomic E-state index is 0.00511. The van der Waals surface area contributed by atoms with Crippen LogP contribution in [-0.2, 0) is 14.8 Å². The molecule has 1 fully saturated rings. The van der Waals surface area contributed by atoms with E-state index >= 15 is 0 Å². The smallest absolute Gasteiger partial charge is 0.311 e. The van der Waals surface area contributed by atoms with Crippen LogP contribution >= 0.6 is 11.6 Å². The van der Waals surface area contributed by atoms with Gasteiger partial charge in [-0.15, -0.1) is 0 Å². The van der Waals surface area contributed by atoms with Gasteiger partial charge in [-0.05, 0) is 30.5 Å². The van der Waals surface area contributed by atoms with Gasteiger partial charge in [-0.1, -0.05) is 31.5 Å². The van der Waals surface area contributed by atoms with E-state index in [4.69, 9.17) is 11.6 Å². The summed E-state index contributed by atoms with van der Waals surface area (Å²) in [6.07, 6.45) is 0.319. The molecule has 21 heavy (non-hydrogen) atoms. The van der Waals surface area contributed by atoms with Gasteiger partial charge in [-0.3, -0.25) is 4.79 Å². The number of aliphatic carboxylic acids is 1. The van der Waals surface area contributed by atoms with Gasteiger partial charge in [0.15, 0.2) is 0 Å². The number of hydrogen-bond donors (Lipinski definition) is 1. The van der Waals surface area contributed by atoms with Crippen molar-refractivity contribution < 1.29 is 18.3 Å². The highest BCUT2D eigenvalue weighted by Crippen LogP contribution is 2.40. The molecule has 1 saturated heterocycles. The van der Waals surface area contributed by atoms with Crippen molar-refractivity contribution in [1.82, 2.24) is 4.31 Å². The minimum atomic E-state index is -3.71.